The Morgan fingerprint density at radius 1 is 0.898 bits per heavy atom. The van der Waals surface area contributed by atoms with Gasteiger partial charge in [-0.2, -0.15) is 0 Å². The summed E-state index contributed by atoms with van der Waals surface area (Å²) in [7, 11) is 1.31. The number of nitrogens with one attached hydrogen (secondary N) is 1. The Morgan fingerprint density at radius 2 is 1.59 bits per heavy atom. The number of aromatic hydroxyl groups is 2. The van der Waals surface area contributed by atoms with Crippen LogP contribution in [-0.2, 0) is 36.8 Å². The van der Waals surface area contributed by atoms with Gasteiger partial charge in [0.2, 0.25) is 5.78 Å². The molecule has 3 aromatic carbocycles. The number of benzene rings is 3. The van der Waals surface area contributed by atoms with Gasteiger partial charge in [-0.15, -0.1) is 0 Å². The van der Waals surface area contributed by atoms with Gasteiger partial charge in [0.25, 0.3) is 0 Å². The van der Waals surface area contributed by atoms with Crippen LogP contribution in [0.25, 0.3) is 0 Å². The van der Waals surface area contributed by atoms with E-state index in [1.165, 1.54) is 32.2 Å². The zero-order valence-electron chi connectivity index (χ0n) is 32.1. The number of hydrogen-bond donors (Lipinski definition) is 9. The van der Waals surface area contributed by atoms with Gasteiger partial charge in [-0.25, -0.2) is 4.79 Å². The molecule has 0 bridgehead atoms. The highest BCUT2D eigenvalue weighted by molar-refractivity contribution is 6.31. The summed E-state index contributed by atoms with van der Waals surface area (Å²) in [6, 6.07) is 9.56. The molecule has 18 nitrogen and oxygen atoms in total. The second-order valence-electron chi connectivity index (χ2n) is 15.3. The van der Waals surface area contributed by atoms with E-state index in [0.29, 0.717) is 11.1 Å². The number of hydrogen-bond acceptors (Lipinski definition) is 17. The van der Waals surface area contributed by atoms with Crippen LogP contribution in [0, 0.1) is 0 Å². The zero-order chi connectivity index (χ0) is 42.7. The van der Waals surface area contributed by atoms with Crippen molar-refractivity contribution in [3.05, 3.63) is 87.0 Å². The van der Waals surface area contributed by atoms with Crippen LogP contribution in [-0.4, -0.2) is 133 Å². The molecule has 2 aliphatic carbocycles. The minimum absolute atomic E-state index is 0.0619. The lowest BCUT2D eigenvalue weighted by molar-refractivity contribution is -0.249. The largest absolute Gasteiger partial charge is 0.507 e. The first kappa shape index (κ1) is 42.1. The van der Waals surface area contributed by atoms with Gasteiger partial charge in [0.1, 0.15) is 66.1 Å². The molecule has 2 heterocycles. The monoisotopic (exact) mass is 823 g/mol. The number of aliphatic hydroxyl groups is 6. The number of ether oxygens (including phenoxy) is 5. The van der Waals surface area contributed by atoms with Crippen molar-refractivity contribution in [2.75, 3.05) is 13.7 Å². The number of methoxy groups -OCH3 is 1. The van der Waals surface area contributed by atoms with Gasteiger partial charge in [0, 0.05) is 36.0 Å². The van der Waals surface area contributed by atoms with Gasteiger partial charge in [-0.3, -0.25) is 14.4 Å². The Morgan fingerprint density at radius 3 is 2.25 bits per heavy atom. The molecule has 316 valence electrons. The lowest BCUT2D eigenvalue weighted by Crippen LogP contribution is -2.55. The van der Waals surface area contributed by atoms with Crippen LogP contribution in [0.1, 0.15) is 93.0 Å². The number of carbonyl (C=O) groups excluding carboxylic acids is 4. The van der Waals surface area contributed by atoms with Crippen LogP contribution in [0.4, 0.5) is 4.79 Å². The number of ketones is 3. The lowest BCUT2D eigenvalue weighted by atomic mass is 9.72. The second kappa shape index (κ2) is 16.2. The summed E-state index contributed by atoms with van der Waals surface area (Å²) < 4.78 is 28.4. The molecule has 2 aliphatic heterocycles. The van der Waals surface area contributed by atoms with Crippen molar-refractivity contribution in [1.82, 2.24) is 5.32 Å². The molecule has 11 atom stereocenters. The zero-order valence-corrected chi connectivity index (χ0v) is 32.1. The van der Waals surface area contributed by atoms with Crippen LogP contribution in [0.2, 0.25) is 0 Å². The highest BCUT2D eigenvalue weighted by atomic mass is 16.7. The van der Waals surface area contributed by atoms with Crippen molar-refractivity contribution in [3.8, 4) is 17.2 Å². The number of phenolic OH excluding ortho intramolecular Hbond substituents is 2. The molecule has 1 amide bonds. The summed E-state index contributed by atoms with van der Waals surface area (Å²) in [5.41, 5.74) is -2.77. The molecule has 4 unspecified atom stereocenters. The molecule has 0 radical (unpaired) electrons. The minimum Gasteiger partial charge on any atom is -0.507 e. The van der Waals surface area contributed by atoms with Crippen LogP contribution < -0.4 is 10.1 Å². The van der Waals surface area contributed by atoms with E-state index >= 15 is 0 Å². The Hall–Kier alpha value is -5.02. The predicted octanol–water partition coefficient (Wildman–Crippen LogP) is 0.511. The van der Waals surface area contributed by atoms with Crippen molar-refractivity contribution in [1.29, 1.82) is 0 Å². The normalized spacial score (nSPS) is 31.4. The van der Waals surface area contributed by atoms with Gasteiger partial charge >= 0.3 is 6.09 Å². The van der Waals surface area contributed by atoms with E-state index in [1.807, 2.05) is 0 Å². The molecule has 7 rings (SSSR count). The van der Waals surface area contributed by atoms with Crippen molar-refractivity contribution in [2.24, 2.45) is 0 Å². The number of rotatable bonds is 9. The summed E-state index contributed by atoms with van der Waals surface area (Å²) in [6.07, 6.45) is -13.7. The fraction of sp³-hybridized carbons (Fsp3) is 0.463. The van der Waals surface area contributed by atoms with Crippen LogP contribution in [0.3, 0.4) is 0 Å². The number of fused-ring (bicyclic) bond motifs is 3. The third-order valence-electron chi connectivity index (χ3n) is 11.6. The molecule has 4 aliphatic rings. The molecule has 2 fully saturated rings. The standard InChI is InChI=1S/C41H45NO17/c1-16-31(45)22(42-40(53)56-15-18-7-9-19(10-8-18)39-38(52)37(51)34(48)25(14-43)59-39)11-26(57-16)58-24-13-41(54,17(2)44)12-21-28(24)36(50)30-29(33(21)47)32(46)20-5-4-6-23(55-3)27(20)35(30)49/h4-10,16,22,24-26,31,34,37-39,43,45,47-48,50-52,54H,11-15H2,1-3H3,(H,42,53)/t16?,22?,24-,25+,26?,31?,34+,37-,38+,39-,41-/m0/s1. The first-order chi connectivity index (χ1) is 28.0. The van der Waals surface area contributed by atoms with Gasteiger partial charge in [0.05, 0.1) is 48.7 Å². The first-order valence-electron chi connectivity index (χ1n) is 18.9. The Balaban J connectivity index is 1.08. The summed E-state index contributed by atoms with van der Waals surface area (Å²) in [6.45, 7) is 1.82. The number of carbonyl (C=O) groups is 4. The fourth-order valence-corrected chi connectivity index (χ4v) is 8.29. The summed E-state index contributed by atoms with van der Waals surface area (Å²) in [4.78, 5) is 53.5. The molecule has 9 N–H and O–H groups in total. The predicted molar refractivity (Wildman–Crippen MR) is 199 cm³/mol. The molecule has 3 aromatic rings. The first-order valence-corrected chi connectivity index (χ1v) is 18.9. The Labute approximate surface area is 336 Å². The number of Topliss-reactive ketones (excluding diaryl/α,β-unsaturated/α-hetero) is 1. The highest BCUT2D eigenvalue weighted by Gasteiger charge is 2.50. The number of phenols is 2. The maximum absolute atomic E-state index is 13.9. The molecule has 0 saturated carbocycles. The summed E-state index contributed by atoms with van der Waals surface area (Å²) in [5, 5.41) is 88.6. The quantitative estimate of drug-likeness (QED) is 0.104. The summed E-state index contributed by atoms with van der Waals surface area (Å²) in [5.74, 6) is -3.67. The highest BCUT2D eigenvalue weighted by Crippen LogP contribution is 2.52. The van der Waals surface area contributed by atoms with Crippen LogP contribution in [0.15, 0.2) is 42.5 Å². The topological polar surface area (TPSA) is 288 Å². The number of aliphatic hydroxyl groups excluding tert-OH is 5. The van der Waals surface area contributed by atoms with E-state index in [-0.39, 0.29) is 41.0 Å². The van der Waals surface area contributed by atoms with E-state index < -0.39 is 132 Å². The van der Waals surface area contributed by atoms with Crippen molar-refractivity contribution >= 4 is 23.4 Å². The van der Waals surface area contributed by atoms with Gasteiger partial charge in [0.15, 0.2) is 17.9 Å². The van der Waals surface area contributed by atoms with Crippen LogP contribution >= 0.6 is 0 Å². The molecule has 0 spiro atoms. The Kier molecular flexibility index (Phi) is 11.6. The van der Waals surface area contributed by atoms with Gasteiger partial charge in [-0.1, -0.05) is 36.4 Å². The van der Waals surface area contributed by atoms with Crippen molar-refractivity contribution < 1.29 is 83.7 Å². The van der Waals surface area contributed by atoms with E-state index in [2.05, 4.69) is 5.32 Å². The summed E-state index contributed by atoms with van der Waals surface area (Å²) >= 11 is 0. The molecule has 2 saturated heterocycles. The van der Waals surface area contributed by atoms with E-state index in [1.54, 1.807) is 24.3 Å². The van der Waals surface area contributed by atoms with Crippen molar-refractivity contribution in [2.45, 2.75) is 106 Å². The van der Waals surface area contributed by atoms with Crippen LogP contribution in [0.5, 0.6) is 17.2 Å². The maximum atomic E-state index is 13.9. The molecular formula is C41H45NO17. The third-order valence-corrected chi connectivity index (χ3v) is 11.6. The minimum atomic E-state index is -2.15. The molecule has 0 aromatic heterocycles. The molecule has 59 heavy (non-hydrogen) atoms. The Bertz CT molecular complexity index is 2160. The second-order valence-corrected chi connectivity index (χ2v) is 15.3. The third kappa shape index (κ3) is 7.45. The fourth-order valence-electron chi connectivity index (χ4n) is 8.29. The number of alkyl carbamates (subject to hydrolysis) is 1. The molecule has 18 heteroatoms. The van der Waals surface area contributed by atoms with E-state index in [4.69, 9.17) is 23.7 Å². The number of amides is 1. The van der Waals surface area contributed by atoms with E-state index in [0.717, 1.165) is 6.92 Å². The SMILES string of the molecule is COc1cccc2c1C(=O)c1c(O)c3c(c(O)c1C2=O)C[C@@](O)(C(C)=O)C[C@@H]3OC1CC(NC(=O)OCc2ccc([C@@H]3O[C@H](CO)[C@@H](O)[C@H](O)[C@H]3O)cc2)C(O)C(C)O1. The average Bonchev–Trinajstić information content (AvgIpc) is 3.21. The van der Waals surface area contributed by atoms with Gasteiger partial charge in [-0.05, 0) is 31.0 Å². The average molecular weight is 824 g/mol. The molecular weight excluding hydrogens is 778 g/mol. The van der Waals surface area contributed by atoms with Gasteiger partial charge < -0.3 is 69.9 Å². The lowest BCUT2D eigenvalue weighted by Gasteiger charge is -2.42. The smallest absolute Gasteiger partial charge is 0.407 e. The maximum Gasteiger partial charge on any atom is 0.407 e. The van der Waals surface area contributed by atoms with Crippen molar-refractivity contribution in [3.63, 3.8) is 0 Å². The van der Waals surface area contributed by atoms with E-state index in [9.17, 15) is 60.0 Å².